The van der Waals surface area contributed by atoms with Gasteiger partial charge in [-0.05, 0) is 48.9 Å². The topological polar surface area (TPSA) is 50.4 Å². The number of benzene rings is 2. The second-order valence-corrected chi connectivity index (χ2v) is 5.90. The molecule has 2 aromatic carbocycles. The van der Waals surface area contributed by atoms with Crippen LogP contribution < -0.4 is 15.4 Å². The first kappa shape index (κ1) is 20.3. The van der Waals surface area contributed by atoms with Crippen molar-refractivity contribution in [2.75, 3.05) is 20.2 Å². The number of methoxy groups -OCH3 is 1. The smallest absolute Gasteiger partial charge is 0.227 e. The summed E-state index contributed by atoms with van der Waals surface area (Å²) in [5.74, 6) is 0.728. The van der Waals surface area contributed by atoms with Crippen LogP contribution >= 0.6 is 12.4 Å². The zero-order chi connectivity index (χ0) is 16.8. The van der Waals surface area contributed by atoms with E-state index in [0.717, 1.165) is 28.6 Å². The molecule has 0 aliphatic carbocycles. The van der Waals surface area contributed by atoms with Crippen LogP contribution in [0.15, 0.2) is 36.4 Å². The maximum atomic E-state index is 12.3. The molecule has 0 aliphatic heterocycles. The maximum Gasteiger partial charge on any atom is 0.227 e. The van der Waals surface area contributed by atoms with E-state index in [2.05, 4.69) is 30.5 Å². The fourth-order valence-electron chi connectivity index (χ4n) is 2.62. The Labute approximate surface area is 150 Å². The van der Waals surface area contributed by atoms with E-state index in [1.54, 1.807) is 7.11 Å². The van der Waals surface area contributed by atoms with Crippen molar-refractivity contribution in [3.63, 3.8) is 0 Å². The lowest BCUT2D eigenvalue weighted by Gasteiger charge is -2.17. The van der Waals surface area contributed by atoms with Gasteiger partial charge < -0.3 is 15.4 Å². The molecular formula is C19H27ClN2O2. The van der Waals surface area contributed by atoms with Crippen LogP contribution in [-0.4, -0.2) is 32.1 Å². The van der Waals surface area contributed by atoms with E-state index < -0.39 is 0 Å². The van der Waals surface area contributed by atoms with Gasteiger partial charge in [0, 0.05) is 12.6 Å². The predicted octanol–water partition coefficient (Wildman–Crippen LogP) is 3.49. The Kier molecular flexibility index (Phi) is 8.02. The summed E-state index contributed by atoms with van der Waals surface area (Å²) in [6, 6.07) is 12.4. The number of amides is 1. The van der Waals surface area contributed by atoms with E-state index in [1.165, 1.54) is 0 Å². The summed E-state index contributed by atoms with van der Waals surface area (Å²) in [7, 11) is 1.66. The molecule has 2 aromatic rings. The molecule has 4 nitrogen and oxygen atoms in total. The number of carbonyl (C=O) groups is 1. The van der Waals surface area contributed by atoms with Gasteiger partial charge in [-0.15, -0.1) is 12.4 Å². The molecule has 0 bridgehead atoms. The third kappa shape index (κ3) is 5.11. The molecule has 132 valence electrons. The third-order valence-electron chi connectivity index (χ3n) is 4.10. The first-order valence-corrected chi connectivity index (χ1v) is 8.14. The number of rotatable bonds is 7. The zero-order valence-electron chi connectivity index (χ0n) is 14.8. The Morgan fingerprint density at radius 1 is 1.12 bits per heavy atom. The fraction of sp³-hybridized carbons (Fsp3) is 0.421. The summed E-state index contributed by atoms with van der Waals surface area (Å²) in [4.78, 5) is 12.3. The second-order valence-electron chi connectivity index (χ2n) is 5.90. The standard InChI is InChI=1S/C19H26N2O2.ClH/c1-5-20-13(2)12-21-19(22)14(3)15-6-7-17-11-18(23-4)9-8-16(17)10-15;/h6-11,13-14,20H,5,12H2,1-4H3,(H,21,22);1H/t13-,14?;/m1./s1. The molecule has 0 heterocycles. The Morgan fingerprint density at radius 3 is 2.46 bits per heavy atom. The number of halogens is 1. The minimum Gasteiger partial charge on any atom is -0.497 e. The normalized spacial score (nSPS) is 13.0. The molecule has 0 saturated carbocycles. The van der Waals surface area contributed by atoms with Gasteiger partial charge in [-0.2, -0.15) is 0 Å². The minimum atomic E-state index is -0.171. The molecular weight excluding hydrogens is 324 g/mol. The maximum absolute atomic E-state index is 12.3. The number of ether oxygens (including phenoxy) is 1. The van der Waals surface area contributed by atoms with Crippen LogP contribution in [0.1, 0.15) is 32.3 Å². The van der Waals surface area contributed by atoms with Gasteiger partial charge in [-0.1, -0.05) is 31.2 Å². The zero-order valence-corrected chi connectivity index (χ0v) is 15.6. The molecule has 0 spiro atoms. The van der Waals surface area contributed by atoms with E-state index >= 15 is 0 Å². The number of likely N-dealkylation sites (N-methyl/N-ethyl adjacent to an activating group) is 1. The summed E-state index contributed by atoms with van der Waals surface area (Å²) in [6.45, 7) is 7.61. The Bertz CT molecular complexity index is 675. The number of hydrogen-bond acceptors (Lipinski definition) is 3. The van der Waals surface area contributed by atoms with Crippen LogP contribution in [0.3, 0.4) is 0 Å². The highest BCUT2D eigenvalue weighted by molar-refractivity contribution is 5.88. The van der Waals surface area contributed by atoms with E-state index in [1.807, 2.05) is 37.3 Å². The average molecular weight is 351 g/mol. The summed E-state index contributed by atoms with van der Waals surface area (Å²) in [6.07, 6.45) is 0. The Morgan fingerprint density at radius 2 is 1.79 bits per heavy atom. The van der Waals surface area contributed by atoms with Crippen molar-refractivity contribution in [1.82, 2.24) is 10.6 Å². The van der Waals surface area contributed by atoms with Crippen molar-refractivity contribution in [2.24, 2.45) is 0 Å². The van der Waals surface area contributed by atoms with Crippen molar-refractivity contribution < 1.29 is 9.53 Å². The van der Waals surface area contributed by atoms with E-state index in [9.17, 15) is 4.79 Å². The molecule has 1 unspecified atom stereocenters. The van der Waals surface area contributed by atoms with E-state index in [4.69, 9.17) is 4.74 Å². The highest BCUT2D eigenvalue weighted by atomic mass is 35.5. The van der Waals surface area contributed by atoms with Crippen molar-refractivity contribution in [1.29, 1.82) is 0 Å². The van der Waals surface area contributed by atoms with Crippen LogP contribution in [0.5, 0.6) is 5.75 Å². The average Bonchev–Trinajstić information content (AvgIpc) is 2.58. The van der Waals surface area contributed by atoms with Gasteiger partial charge in [0.25, 0.3) is 0 Å². The van der Waals surface area contributed by atoms with Crippen LogP contribution in [0, 0.1) is 0 Å². The lowest BCUT2D eigenvalue weighted by Crippen LogP contribution is -2.40. The largest absolute Gasteiger partial charge is 0.497 e. The van der Waals surface area contributed by atoms with Gasteiger partial charge in [-0.25, -0.2) is 0 Å². The van der Waals surface area contributed by atoms with Gasteiger partial charge in [0.15, 0.2) is 0 Å². The molecule has 0 fully saturated rings. The van der Waals surface area contributed by atoms with Gasteiger partial charge >= 0.3 is 0 Å². The van der Waals surface area contributed by atoms with Crippen LogP contribution in [0.4, 0.5) is 0 Å². The number of hydrogen-bond donors (Lipinski definition) is 2. The summed E-state index contributed by atoms with van der Waals surface area (Å²) >= 11 is 0. The third-order valence-corrected chi connectivity index (χ3v) is 4.10. The molecule has 0 aliphatic rings. The highest BCUT2D eigenvalue weighted by Gasteiger charge is 2.16. The van der Waals surface area contributed by atoms with Gasteiger partial charge in [0.1, 0.15) is 5.75 Å². The van der Waals surface area contributed by atoms with Crippen molar-refractivity contribution in [2.45, 2.75) is 32.7 Å². The first-order valence-electron chi connectivity index (χ1n) is 8.14. The molecule has 2 N–H and O–H groups in total. The highest BCUT2D eigenvalue weighted by Crippen LogP contribution is 2.25. The SMILES string of the molecule is CCN[C@H](C)CNC(=O)C(C)c1ccc2cc(OC)ccc2c1.Cl. The van der Waals surface area contributed by atoms with Crippen molar-refractivity contribution in [3.8, 4) is 5.75 Å². The van der Waals surface area contributed by atoms with Crippen molar-refractivity contribution >= 4 is 29.1 Å². The summed E-state index contributed by atoms with van der Waals surface area (Å²) < 4.78 is 5.24. The van der Waals surface area contributed by atoms with Crippen LogP contribution in [-0.2, 0) is 4.79 Å². The number of fused-ring (bicyclic) bond motifs is 1. The monoisotopic (exact) mass is 350 g/mol. The van der Waals surface area contributed by atoms with E-state index in [0.29, 0.717) is 6.54 Å². The molecule has 0 aromatic heterocycles. The second kappa shape index (κ2) is 9.50. The van der Waals surface area contributed by atoms with Gasteiger partial charge in [0.05, 0.1) is 13.0 Å². The molecule has 2 atom stereocenters. The lowest BCUT2D eigenvalue weighted by atomic mass is 9.97. The van der Waals surface area contributed by atoms with Crippen LogP contribution in [0.2, 0.25) is 0 Å². The molecule has 5 heteroatoms. The quantitative estimate of drug-likeness (QED) is 0.803. The first-order chi connectivity index (χ1) is 11.0. The van der Waals surface area contributed by atoms with E-state index in [-0.39, 0.29) is 30.3 Å². The lowest BCUT2D eigenvalue weighted by molar-refractivity contribution is -0.122. The summed E-state index contributed by atoms with van der Waals surface area (Å²) in [5, 5.41) is 8.53. The minimum absolute atomic E-state index is 0. The molecule has 0 radical (unpaired) electrons. The molecule has 24 heavy (non-hydrogen) atoms. The Balaban J connectivity index is 0.00000288. The fourth-order valence-corrected chi connectivity index (χ4v) is 2.62. The van der Waals surface area contributed by atoms with Crippen LogP contribution in [0.25, 0.3) is 10.8 Å². The number of nitrogens with one attached hydrogen (secondary N) is 2. The molecule has 1 amide bonds. The predicted molar refractivity (Wildman–Crippen MR) is 102 cm³/mol. The van der Waals surface area contributed by atoms with Crippen molar-refractivity contribution in [3.05, 3.63) is 42.0 Å². The molecule has 0 saturated heterocycles. The summed E-state index contributed by atoms with van der Waals surface area (Å²) in [5.41, 5.74) is 1.02. The number of carbonyl (C=O) groups excluding carboxylic acids is 1. The Hall–Kier alpha value is -1.78. The van der Waals surface area contributed by atoms with Gasteiger partial charge in [0.2, 0.25) is 5.91 Å². The molecule has 2 rings (SSSR count). The van der Waals surface area contributed by atoms with Gasteiger partial charge in [-0.3, -0.25) is 4.79 Å².